The van der Waals surface area contributed by atoms with Gasteiger partial charge in [0.1, 0.15) is 0 Å². The number of hydrogen-bond donors (Lipinski definition) is 2. The zero-order valence-electron chi connectivity index (χ0n) is 14.5. The van der Waals surface area contributed by atoms with Gasteiger partial charge in [0.05, 0.1) is 0 Å². The van der Waals surface area contributed by atoms with Crippen molar-refractivity contribution >= 4 is 28.3 Å². The van der Waals surface area contributed by atoms with Crippen molar-refractivity contribution < 1.29 is 17.6 Å². The molecule has 1 atom stereocenters. The van der Waals surface area contributed by atoms with Crippen LogP contribution in [0, 0.1) is 0 Å². The van der Waals surface area contributed by atoms with Crippen molar-refractivity contribution in [2.45, 2.75) is 50.3 Å². The molecular weight excluding hydrogens is 354 g/mol. The maximum atomic E-state index is 12.5. The molecule has 1 aliphatic heterocycles. The summed E-state index contributed by atoms with van der Waals surface area (Å²) in [4.78, 5) is 14.2. The molecular formula is C15H26ClN3O4S. The maximum Gasteiger partial charge on any atom is 0.289 e. The summed E-state index contributed by atoms with van der Waals surface area (Å²) in [6.07, 6.45) is 1.93. The molecule has 0 bridgehead atoms. The first-order valence-corrected chi connectivity index (χ1v) is 9.21. The number of amides is 1. The molecule has 1 amide bonds. The van der Waals surface area contributed by atoms with Gasteiger partial charge in [0.25, 0.3) is 15.9 Å². The van der Waals surface area contributed by atoms with Gasteiger partial charge >= 0.3 is 0 Å². The van der Waals surface area contributed by atoms with Crippen LogP contribution in [0.1, 0.15) is 44.2 Å². The van der Waals surface area contributed by atoms with Gasteiger partial charge in [-0.15, -0.1) is 12.4 Å². The molecule has 1 saturated heterocycles. The van der Waals surface area contributed by atoms with Crippen molar-refractivity contribution in [3.05, 3.63) is 17.9 Å². The van der Waals surface area contributed by atoms with Gasteiger partial charge in [0, 0.05) is 24.7 Å². The number of likely N-dealkylation sites (tertiary alicyclic amines) is 1. The summed E-state index contributed by atoms with van der Waals surface area (Å²) in [7, 11) is -1.91. The number of piperidine rings is 1. The van der Waals surface area contributed by atoms with E-state index in [1.807, 2.05) is 7.05 Å². The Balaban J connectivity index is 0.00000288. The third kappa shape index (κ3) is 5.20. The number of furan rings is 1. The highest BCUT2D eigenvalue weighted by Gasteiger charge is 2.29. The molecule has 1 aromatic heterocycles. The van der Waals surface area contributed by atoms with Gasteiger partial charge in [0.2, 0.25) is 5.09 Å². The molecule has 0 spiro atoms. The fourth-order valence-corrected chi connectivity index (χ4v) is 3.94. The Hall–Kier alpha value is -1.09. The average Bonchev–Trinajstić information content (AvgIpc) is 2.94. The lowest BCUT2D eigenvalue weighted by Gasteiger charge is -2.31. The van der Waals surface area contributed by atoms with E-state index in [1.165, 1.54) is 12.1 Å². The smallest absolute Gasteiger partial charge is 0.289 e. The Morgan fingerprint density at radius 3 is 2.58 bits per heavy atom. The predicted octanol–water partition coefficient (Wildman–Crippen LogP) is 1.60. The molecule has 2 N–H and O–H groups in total. The van der Waals surface area contributed by atoms with E-state index in [0.29, 0.717) is 13.1 Å². The number of nitrogens with one attached hydrogen (secondary N) is 2. The minimum absolute atomic E-state index is 0. The summed E-state index contributed by atoms with van der Waals surface area (Å²) in [5.74, 6) is -0.224. The number of carbonyl (C=O) groups is 1. The summed E-state index contributed by atoms with van der Waals surface area (Å²) < 4.78 is 32.3. The van der Waals surface area contributed by atoms with Crippen molar-refractivity contribution in [2.24, 2.45) is 0 Å². The van der Waals surface area contributed by atoms with E-state index in [4.69, 9.17) is 4.42 Å². The SMILES string of the molecule is CNC1CCCN(C(=O)c2ccc(S(=O)(=O)NC(C)(C)C)o2)C1.Cl. The van der Waals surface area contributed by atoms with Crippen LogP contribution >= 0.6 is 12.4 Å². The first-order chi connectivity index (χ1) is 10.6. The van der Waals surface area contributed by atoms with Gasteiger partial charge < -0.3 is 14.6 Å². The second kappa shape index (κ2) is 7.86. The van der Waals surface area contributed by atoms with Crippen LogP contribution in [-0.2, 0) is 10.0 Å². The second-order valence-corrected chi connectivity index (χ2v) is 8.47. The molecule has 0 saturated carbocycles. The highest BCUT2D eigenvalue weighted by Crippen LogP contribution is 2.19. The van der Waals surface area contributed by atoms with E-state index in [-0.39, 0.29) is 35.2 Å². The molecule has 1 aliphatic rings. The zero-order valence-corrected chi connectivity index (χ0v) is 16.1. The third-order valence-electron chi connectivity index (χ3n) is 3.61. The van der Waals surface area contributed by atoms with E-state index in [2.05, 4.69) is 10.0 Å². The summed E-state index contributed by atoms with van der Waals surface area (Å²) >= 11 is 0. The quantitative estimate of drug-likeness (QED) is 0.829. The lowest BCUT2D eigenvalue weighted by atomic mass is 10.1. The van der Waals surface area contributed by atoms with Crippen LogP contribution in [0.3, 0.4) is 0 Å². The van der Waals surface area contributed by atoms with E-state index >= 15 is 0 Å². The first kappa shape index (κ1) is 21.0. The van der Waals surface area contributed by atoms with Gasteiger partial charge in [-0.2, -0.15) is 0 Å². The van der Waals surface area contributed by atoms with Crippen LogP contribution in [0.15, 0.2) is 21.6 Å². The van der Waals surface area contributed by atoms with Crippen molar-refractivity contribution in [1.29, 1.82) is 0 Å². The molecule has 7 nitrogen and oxygen atoms in total. The Labute approximate surface area is 149 Å². The molecule has 2 rings (SSSR count). The Bertz CT molecular complexity index is 667. The van der Waals surface area contributed by atoms with Crippen LogP contribution < -0.4 is 10.0 Å². The minimum Gasteiger partial charge on any atom is -0.438 e. The number of hydrogen-bond acceptors (Lipinski definition) is 5. The van der Waals surface area contributed by atoms with E-state index in [9.17, 15) is 13.2 Å². The van der Waals surface area contributed by atoms with Crippen LogP contribution in [-0.4, -0.2) is 50.9 Å². The topological polar surface area (TPSA) is 91.7 Å². The largest absolute Gasteiger partial charge is 0.438 e. The second-order valence-electron chi connectivity index (χ2n) is 6.85. The van der Waals surface area contributed by atoms with Crippen LogP contribution in [0.2, 0.25) is 0 Å². The molecule has 2 heterocycles. The number of sulfonamides is 1. The number of nitrogens with zero attached hydrogens (tertiary/aromatic N) is 1. The van der Waals surface area contributed by atoms with Crippen molar-refractivity contribution in [3.8, 4) is 0 Å². The lowest BCUT2D eigenvalue weighted by molar-refractivity contribution is 0.0660. The van der Waals surface area contributed by atoms with Gasteiger partial charge in [-0.1, -0.05) is 0 Å². The Morgan fingerprint density at radius 1 is 1.33 bits per heavy atom. The van der Waals surface area contributed by atoms with Crippen LogP contribution in [0.25, 0.3) is 0 Å². The van der Waals surface area contributed by atoms with Crippen molar-refractivity contribution in [2.75, 3.05) is 20.1 Å². The molecule has 1 unspecified atom stereocenters. The Morgan fingerprint density at radius 2 is 2.00 bits per heavy atom. The lowest BCUT2D eigenvalue weighted by Crippen LogP contribution is -2.46. The monoisotopic (exact) mass is 379 g/mol. The van der Waals surface area contributed by atoms with Gasteiger partial charge in [-0.3, -0.25) is 4.79 Å². The fourth-order valence-electron chi connectivity index (χ4n) is 2.59. The number of likely N-dealkylation sites (N-methyl/N-ethyl adjacent to an activating group) is 1. The fraction of sp³-hybridized carbons (Fsp3) is 0.667. The number of carbonyl (C=O) groups excluding carboxylic acids is 1. The van der Waals surface area contributed by atoms with Crippen LogP contribution in [0.4, 0.5) is 0 Å². The normalized spacial score (nSPS) is 19.0. The minimum atomic E-state index is -3.78. The molecule has 24 heavy (non-hydrogen) atoms. The van der Waals surface area contributed by atoms with E-state index < -0.39 is 15.6 Å². The van der Waals surface area contributed by atoms with Crippen molar-refractivity contribution in [3.63, 3.8) is 0 Å². The summed E-state index contributed by atoms with van der Waals surface area (Å²) in [6.45, 7) is 6.47. The van der Waals surface area contributed by atoms with Gasteiger partial charge in [-0.05, 0) is 52.8 Å². The molecule has 0 aromatic carbocycles. The van der Waals surface area contributed by atoms with Gasteiger partial charge in [0.15, 0.2) is 5.76 Å². The summed E-state index contributed by atoms with van der Waals surface area (Å²) in [6, 6.07) is 3.00. The summed E-state index contributed by atoms with van der Waals surface area (Å²) in [5, 5.41) is 2.93. The average molecular weight is 380 g/mol. The van der Waals surface area contributed by atoms with Crippen LogP contribution in [0.5, 0.6) is 0 Å². The molecule has 0 aliphatic carbocycles. The number of halogens is 1. The summed E-state index contributed by atoms with van der Waals surface area (Å²) in [5.41, 5.74) is -0.622. The molecule has 1 fully saturated rings. The molecule has 9 heteroatoms. The highest BCUT2D eigenvalue weighted by atomic mass is 35.5. The maximum absolute atomic E-state index is 12.5. The highest BCUT2D eigenvalue weighted by molar-refractivity contribution is 7.89. The van der Waals surface area contributed by atoms with Crippen molar-refractivity contribution in [1.82, 2.24) is 14.9 Å². The molecule has 0 radical (unpaired) electrons. The first-order valence-electron chi connectivity index (χ1n) is 7.73. The zero-order chi connectivity index (χ0) is 17.3. The molecule has 138 valence electrons. The third-order valence-corrected chi connectivity index (χ3v) is 5.24. The van der Waals surface area contributed by atoms with E-state index in [0.717, 1.165) is 12.8 Å². The van der Waals surface area contributed by atoms with Gasteiger partial charge in [-0.25, -0.2) is 13.1 Å². The van der Waals surface area contributed by atoms with E-state index in [1.54, 1.807) is 25.7 Å². The number of rotatable bonds is 4. The predicted molar refractivity (Wildman–Crippen MR) is 94.0 cm³/mol. The standard InChI is InChI=1S/C15H25N3O4S.ClH/c1-15(2,3)17-23(20,21)13-8-7-12(22-13)14(19)18-9-5-6-11(10-18)16-4;/h7-8,11,16-17H,5-6,9-10H2,1-4H3;1H. The molecule has 1 aromatic rings. The Kier molecular flexibility index (Phi) is 6.86.